The second-order valence-corrected chi connectivity index (χ2v) is 4.60. The van der Waals surface area contributed by atoms with Crippen molar-refractivity contribution in [1.82, 2.24) is 4.90 Å². The fourth-order valence-electron chi connectivity index (χ4n) is 2.00. The Labute approximate surface area is 123 Å². The molecule has 1 saturated heterocycles. The zero-order chi connectivity index (χ0) is 15.1. The van der Waals surface area contributed by atoms with Gasteiger partial charge in [-0.2, -0.15) is 0 Å². The van der Waals surface area contributed by atoms with Gasteiger partial charge in [0, 0.05) is 6.54 Å². The minimum Gasteiger partial charge on any atom is -0.464 e. The van der Waals surface area contributed by atoms with Crippen molar-refractivity contribution in [2.45, 2.75) is 19.6 Å². The summed E-state index contributed by atoms with van der Waals surface area (Å²) in [4.78, 5) is 25.1. The molecular formula is C15H19NO5. The molecule has 0 bridgehead atoms. The normalized spacial score (nSPS) is 18.1. The fourth-order valence-corrected chi connectivity index (χ4v) is 2.00. The minimum absolute atomic E-state index is 0.159. The molecule has 0 saturated carbocycles. The number of carbonyl (C=O) groups excluding carboxylic acids is 2. The third-order valence-corrected chi connectivity index (χ3v) is 3.08. The quantitative estimate of drug-likeness (QED) is 0.789. The van der Waals surface area contributed by atoms with Crippen molar-refractivity contribution in [3.8, 4) is 0 Å². The molecule has 1 fully saturated rings. The van der Waals surface area contributed by atoms with Crippen molar-refractivity contribution < 1.29 is 23.8 Å². The first-order valence-electron chi connectivity index (χ1n) is 6.94. The summed E-state index contributed by atoms with van der Waals surface area (Å²) in [7, 11) is 0. The lowest BCUT2D eigenvalue weighted by molar-refractivity contribution is -0.161. The molecule has 2 rings (SSSR count). The highest BCUT2D eigenvalue weighted by Crippen LogP contribution is 2.10. The summed E-state index contributed by atoms with van der Waals surface area (Å²) >= 11 is 0. The molecule has 0 N–H and O–H groups in total. The van der Waals surface area contributed by atoms with E-state index in [1.165, 1.54) is 4.90 Å². The fraction of sp³-hybridized carbons (Fsp3) is 0.467. The lowest BCUT2D eigenvalue weighted by Gasteiger charge is -2.30. The maximum atomic E-state index is 12.0. The molecule has 1 heterocycles. The van der Waals surface area contributed by atoms with E-state index in [4.69, 9.17) is 14.2 Å². The van der Waals surface area contributed by atoms with Crippen LogP contribution in [0.15, 0.2) is 30.3 Å². The number of hydrogen-bond acceptors (Lipinski definition) is 5. The molecule has 0 aliphatic carbocycles. The van der Waals surface area contributed by atoms with Gasteiger partial charge in [0.15, 0.2) is 6.10 Å². The van der Waals surface area contributed by atoms with E-state index in [0.717, 1.165) is 5.56 Å². The van der Waals surface area contributed by atoms with E-state index in [-0.39, 0.29) is 19.8 Å². The monoisotopic (exact) mass is 293 g/mol. The number of morpholine rings is 1. The van der Waals surface area contributed by atoms with Crippen LogP contribution in [0.2, 0.25) is 0 Å². The van der Waals surface area contributed by atoms with Crippen molar-refractivity contribution in [3.63, 3.8) is 0 Å². The van der Waals surface area contributed by atoms with E-state index >= 15 is 0 Å². The largest absolute Gasteiger partial charge is 0.464 e. The molecule has 0 aromatic heterocycles. The van der Waals surface area contributed by atoms with Gasteiger partial charge in [-0.05, 0) is 12.5 Å². The van der Waals surface area contributed by atoms with Crippen LogP contribution < -0.4 is 0 Å². The van der Waals surface area contributed by atoms with Crippen molar-refractivity contribution in [2.75, 3.05) is 26.3 Å². The Morgan fingerprint density at radius 1 is 1.29 bits per heavy atom. The number of esters is 1. The molecule has 1 atom stereocenters. The molecule has 6 heteroatoms. The molecule has 1 aliphatic rings. The highest BCUT2D eigenvalue weighted by Gasteiger charge is 2.30. The smallest absolute Gasteiger partial charge is 0.410 e. The Hall–Kier alpha value is -2.08. The van der Waals surface area contributed by atoms with E-state index < -0.39 is 18.2 Å². The maximum absolute atomic E-state index is 12.0. The van der Waals surface area contributed by atoms with Gasteiger partial charge in [0.1, 0.15) is 6.61 Å². The van der Waals surface area contributed by atoms with E-state index in [1.807, 2.05) is 30.3 Å². The van der Waals surface area contributed by atoms with Gasteiger partial charge in [-0.3, -0.25) is 0 Å². The van der Waals surface area contributed by atoms with Crippen molar-refractivity contribution in [2.24, 2.45) is 0 Å². The first-order valence-corrected chi connectivity index (χ1v) is 6.94. The Balaban J connectivity index is 1.83. The van der Waals surface area contributed by atoms with Gasteiger partial charge in [0.05, 0.1) is 19.8 Å². The molecule has 0 unspecified atom stereocenters. The summed E-state index contributed by atoms with van der Waals surface area (Å²) in [5, 5.41) is 0. The number of nitrogens with zero attached hydrogens (tertiary/aromatic N) is 1. The predicted octanol–water partition coefficient (Wildman–Crippen LogP) is 1.59. The first-order chi connectivity index (χ1) is 10.2. The van der Waals surface area contributed by atoms with Crippen LogP contribution in [0.4, 0.5) is 4.79 Å². The topological polar surface area (TPSA) is 65.1 Å². The lowest BCUT2D eigenvalue weighted by atomic mass is 10.2. The number of hydrogen-bond donors (Lipinski definition) is 0. The van der Waals surface area contributed by atoms with Crippen LogP contribution in [0.25, 0.3) is 0 Å². The molecule has 0 radical (unpaired) electrons. The Morgan fingerprint density at radius 3 is 2.76 bits per heavy atom. The summed E-state index contributed by atoms with van der Waals surface area (Å²) in [6, 6.07) is 9.43. The van der Waals surface area contributed by atoms with Crippen molar-refractivity contribution >= 4 is 12.1 Å². The van der Waals surface area contributed by atoms with Crippen LogP contribution in [0.5, 0.6) is 0 Å². The van der Waals surface area contributed by atoms with E-state index in [9.17, 15) is 9.59 Å². The SMILES string of the molecule is CCOC(=O)[C@@H]1CN(C(=O)OCc2ccccc2)CCO1. The summed E-state index contributed by atoms with van der Waals surface area (Å²) in [6.45, 7) is 3.09. The van der Waals surface area contributed by atoms with E-state index in [0.29, 0.717) is 13.2 Å². The van der Waals surface area contributed by atoms with Gasteiger partial charge in [0.2, 0.25) is 0 Å². The number of amides is 1. The third-order valence-electron chi connectivity index (χ3n) is 3.08. The predicted molar refractivity (Wildman–Crippen MR) is 74.6 cm³/mol. The molecule has 1 aromatic carbocycles. The molecule has 1 aromatic rings. The van der Waals surface area contributed by atoms with Gasteiger partial charge in [-0.15, -0.1) is 0 Å². The highest BCUT2D eigenvalue weighted by molar-refractivity contribution is 5.76. The summed E-state index contributed by atoms with van der Waals surface area (Å²) in [6.07, 6.45) is -1.18. The number of rotatable bonds is 4. The van der Waals surface area contributed by atoms with Crippen LogP contribution in [-0.2, 0) is 25.6 Å². The van der Waals surface area contributed by atoms with Crippen LogP contribution in [0.3, 0.4) is 0 Å². The summed E-state index contributed by atoms with van der Waals surface area (Å²) < 4.78 is 15.4. The van der Waals surface area contributed by atoms with E-state index in [1.54, 1.807) is 6.92 Å². The molecule has 6 nitrogen and oxygen atoms in total. The third kappa shape index (κ3) is 4.46. The standard InChI is InChI=1S/C15H19NO5/c1-2-19-14(17)13-10-16(8-9-20-13)15(18)21-11-12-6-4-3-5-7-12/h3-7,13H,2,8-11H2,1H3/t13-/m0/s1. The minimum atomic E-state index is -0.733. The number of ether oxygens (including phenoxy) is 3. The van der Waals surface area contributed by atoms with Crippen LogP contribution in [-0.4, -0.2) is 49.4 Å². The molecule has 1 amide bonds. The number of carbonyl (C=O) groups is 2. The van der Waals surface area contributed by atoms with Crippen LogP contribution in [0.1, 0.15) is 12.5 Å². The summed E-state index contributed by atoms with van der Waals surface area (Å²) in [5.74, 6) is -0.446. The number of benzene rings is 1. The van der Waals surface area contributed by atoms with Crippen molar-refractivity contribution in [3.05, 3.63) is 35.9 Å². The zero-order valence-electron chi connectivity index (χ0n) is 12.0. The van der Waals surface area contributed by atoms with Crippen molar-refractivity contribution in [1.29, 1.82) is 0 Å². The molecule has 114 valence electrons. The van der Waals surface area contributed by atoms with Gasteiger partial charge >= 0.3 is 12.1 Å². The Morgan fingerprint density at radius 2 is 2.05 bits per heavy atom. The highest BCUT2D eigenvalue weighted by atomic mass is 16.6. The van der Waals surface area contributed by atoms with Gasteiger partial charge in [-0.25, -0.2) is 9.59 Å². The molecule has 0 spiro atoms. The van der Waals surface area contributed by atoms with Gasteiger partial charge < -0.3 is 19.1 Å². The second kappa shape index (κ2) is 7.64. The zero-order valence-corrected chi connectivity index (χ0v) is 12.0. The van der Waals surface area contributed by atoms with Crippen LogP contribution in [0, 0.1) is 0 Å². The Kier molecular flexibility index (Phi) is 5.57. The van der Waals surface area contributed by atoms with Crippen LogP contribution >= 0.6 is 0 Å². The maximum Gasteiger partial charge on any atom is 0.410 e. The first kappa shape index (κ1) is 15.3. The van der Waals surface area contributed by atoms with E-state index in [2.05, 4.69) is 0 Å². The van der Waals surface area contributed by atoms with Gasteiger partial charge in [0.25, 0.3) is 0 Å². The Bertz CT molecular complexity index is 476. The summed E-state index contributed by atoms with van der Waals surface area (Å²) in [5.41, 5.74) is 0.918. The average molecular weight is 293 g/mol. The molecule has 1 aliphatic heterocycles. The second-order valence-electron chi connectivity index (χ2n) is 4.60. The molecular weight excluding hydrogens is 274 g/mol. The van der Waals surface area contributed by atoms with Gasteiger partial charge in [-0.1, -0.05) is 30.3 Å². The average Bonchev–Trinajstić information content (AvgIpc) is 2.54. The molecule has 21 heavy (non-hydrogen) atoms. The lowest BCUT2D eigenvalue weighted by Crippen LogP contribution is -2.49.